The number of carbonyl (C=O) groups is 3. The minimum atomic E-state index is -1.14. The first-order valence-corrected chi connectivity index (χ1v) is 18.5. The normalized spacial score (nSPS) is 13.9. The molecule has 0 spiro atoms. The van der Waals surface area contributed by atoms with Gasteiger partial charge in [0.25, 0.3) is 0 Å². The number of ether oxygens (including phenoxy) is 3. The van der Waals surface area contributed by atoms with Crippen LogP contribution in [-0.2, 0) is 28.6 Å². The van der Waals surface area contributed by atoms with E-state index in [1.54, 1.807) is 27.2 Å². The van der Waals surface area contributed by atoms with E-state index in [0.29, 0.717) is 0 Å². The van der Waals surface area contributed by atoms with Crippen LogP contribution in [0.1, 0.15) is 117 Å². The van der Waals surface area contributed by atoms with Crippen LogP contribution in [0.3, 0.4) is 0 Å². The molecule has 2 unspecified atom stereocenters. The first kappa shape index (κ1) is 45.8. The van der Waals surface area contributed by atoms with Gasteiger partial charge in [0.2, 0.25) is 0 Å². The van der Waals surface area contributed by atoms with Crippen molar-refractivity contribution in [2.45, 2.75) is 129 Å². The number of rotatable bonds is 31. The number of allylic oxidation sites excluding steroid dienone is 11. The summed E-state index contributed by atoms with van der Waals surface area (Å²) in [6.07, 6.45) is 38.2. The Labute approximate surface area is 298 Å². The van der Waals surface area contributed by atoms with Crippen LogP contribution < -0.4 is 5.11 Å². The third-order valence-electron chi connectivity index (χ3n) is 7.62. The highest BCUT2D eigenvalue weighted by Crippen LogP contribution is 2.12. The molecule has 278 valence electrons. The van der Waals surface area contributed by atoms with E-state index < -0.39 is 24.1 Å². The molecule has 0 aromatic heterocycles. The molecule has 0 bridgehead atoms. The first-order valence-electron chi connectivity index (χ1n) is 18.5. The van der Waals surface area contributed by atoms with Crippen molar-refractivity contribution in [1.29, 1.82) is 0 Å². The Morgan fingerprint density at radius 3 is 1.69 bits per heavy atom. The Bertz CT molecular complexity index is 1030. The lowest BCUT2D eigenvalue weighted by molar-refractivity contribution is -0.889. The van der Waals surface area contributed by atoms with Crippen LogP contribution in [0.15, 0.2) is 72.9 Å². The summed E-state index contributed by atoms with van der Waals surface area (Å²) in [5.41, 5.74) is 0. The van der Waals surface area contributed by atoms with Gasteiger partial charge in [-0.15, -0.1) is 0 Å². The van der Waals surface area contributed by atoms with Gasteiger partial charge in [0.15, 0.2) is 6.10 Å². The molecule has 0 aromatic rings. The Morgan fingerprint density at radius 2 is 1.14 bits per heavy atom. The molecule has 0 aliphatic carbocycles. The third-order valence-corrected chi connectivity index (χ3v) is 7.62. The van der Waals surface area contributed by atoms with Crippen molar-refractivity contribution in [2.24, 2.45) is 0 Å². The SMILES string of the molecule is CC/C=C/C/C=C/C/C=C/CCCCCCCCC(=O)OC(COCCC(C(=O)[O-])[N+](C)(C)C)COC(=O)C/C=C/C/C=C/C/C=C/CC. The van der Waals surface area contributed by atoms with E-state index in [9.17, 15) is 19.5 Å². The fourth-order valence-electron chi connectivity index (χ4n) is 4.79. The van der Waals surface area contributed by atoms with E-state index >= 15 is 0 Å². The van der Waals surface area contributed by atoms with Crippen LogP contribution in [0.4, 0.5) is 0 Å². The molecule has 0 amide bonds. The van der Waals surface area contributed by atoms with Crippen molar-refractivity contribution >= 4 is 17.9 Å². The van der Waals surface area contributed by atoms with E-state index in [1.165, 1.54) is 12.8 Å². The van der Waals surface area contributed by atoms with Crippen LogP contribution in [0.25, 0.3) is 0 Å². The van der Waals surface area contributed by atoms with E-state index in [2.05, 4.69) is 68.5 Å². The maximum absolute atomic E-state index is 12.6. The molecule has 49 heavy (non-hydrogen) atoms. The number of likely N-dealkylation sites (N-methyl/N-ethyl adjacent to an activating group) is 1. The molecular formula is C41H67NO7. The molecule has 0 saturated carbocycles. The van der Waals surface area contributed by atoms with Crippen LogP contribution in [0.2, 0.25) is 0 Å². The van der Waals surface area contributed by atoms with Gasteiger partial charge in [-0.1, -0.05) is 112 Å². The number of hydrogen-bond acceptors (Lipinski definition) is 7. The van der Waals surface area contributed by atoms with Crippen molar-refractivity contribution in [3.63, 3.8) is 0 Å². The zero-order valence-electron chi connectivity index (χ0n) is 31.3. The second kappa shape index (κ2) is 32.0. The Hall–Kier alpha value is -3.23. The van der Waals surface area contributed by atoms with Gasteiger partial charge >= 0.3 is 11.9 Å². The molecule has 0 radical (unpaired) electrons. The standard InChI is InChI=1S/C41H67NO7/c1-6-8-10-12-14-16-17-18-19-20-21-22-24-26-28-30-32-40(44)49-37(35-47-34-33-38(41(45)46)42(3,4)5)36-48-39(43)31-29-27-25-23-15-13-11-9-7-2/h8-11,14-16,18-19,23,27,29,37-38H,6-7,12-13,17,20-22,24-26,28,30-36H2,1-5H3/b10-8+,11-9+,16-14+,19-18+,23-15+,29-27+. The summed E-state index contributed by atoms with van der Waals surface area (Å²) in [7, 11) is 5.35. The molecule has 0 aliphatic rings. The molecule has 0 rings (SSSR count). The zero-order chi connectivity index (χ0) is 36.4. The Morgan fingerprint density at radius 1 is 0.633 bits per heavy atom. The smallest absolute Gasteiger partial charge is 0.309 e. The fourth-order valence-corrected chi connectivity index (χ4v) is 4.79. The summed E-state index contributed by atoms with van der Waals surface area (Å²) in [4.78, 5) is 36.5. The van der Waals surface area contributed by atoms with E-state index in [-0.39, 0.29) is 49.5 Å². The van der Waals surface area contributed by atoms with Crippen molar-refractivity contribution in [3.8, 4) is 0 Å². The van der Waals surface area contributed by atoms with Gasteiger partial charge in [-0.3, -0.25) is 9.59 Å². The molecule has 0 heterocycles. The van der Waals surface area contributed by atoms with Crippen molar-refractivity contribution in [3.05, 3.63) is 72.9 Å². The number of nitrogens with zero attached hydrogens (tertiary/aromatic N) is 1. The van der Waals surface area contributed by atoms with E-state index in [4.69, 9.17) is 14.2 Å². The first-order chi connectivity index (χ1) is 23.6. The van der Waals surface area contributed by atoms with Gasteiger partial charge < -0.3 is 28.6 Å². The topological polar surface area (TPSA) is 102 Å². The predicted molar refractivity (Wildman–Crippen MR) is 199 cm³/mol. The molecular weight excluding hydrogens is 618 g/mol. The molecule has 0 fully saturated rings. The lowest BCUT2D eigenvalue weighted by Gasteiger charge is -2.34. The number of carboxylic acid groups (broad SMARTS) is 1. The summed E-state index contributed by atoms with van der Waals surface area (Å²) in [5, 5.41) is 11.6. The molecule has 0 saturated heterocycles. The molecule has 8 heteroatoms. The van der Waals surface area contributed by atoms with E-state index in [0.717, 1.165) is 70.6 Å². The quantitative estimate of drug-likeness (QED) is 0.0316. The van der Waals surface area contributed by atoms with Gasteiger partial charge in [0.1, 0.15) is 12.6 Å². The van der Waals surface area contributed by atoms with Crippen molar-refractivity contribution < 1.29 is 38.2 Å². The zero-order valence-corrected chi connectivity index (χ0v) is 31.3. The Balaban J connectivity index is 4.52. The molecule has 2 atom stereocenters. The summed E-state index contributed by atoms with van der Waals surface area (Å²) in [5.74, 6) is -1.92. The molecule has 0 aliphatic heterocycles. The largest absolute Gasteiger partial charge is 0.544 e. The van der Waals surface area contributed by atoms with Crippen LogP contribution in [0.5, 0.6) is 0 Å². The summed E-state index contributed by atoms with van der Waals surface area (Å²) in [6, 6.07) is -0.741. The minimum absolute atomic E-state index is 0.00405. The predicted octanol–water partition coefficient (Wildman–Crippen LogP) is 7.90. The average molecular weight is 686 g/mol. The van der Waals surface area contributed by atoms with Gasteiger partial charge in [-0.05, 0) is 57.8 Å². The number of hydrogen-bond donors (Lipinski definition) is 0. The van der Waals surface area contributed by atoms with Crippen molar-refractivity contribution in [1.82, 2.24) is 0 Å². The lowest BCUT2D eigenvalue weighted by Crippen LogP contribution is -2.55. The third kappa shape index (κ3) is 30.6. The number of carbonyl (C=O) groups excluding carboxylic acids is 3. The second-order valence-corrected chi connectivity index (χ2v) is 13.1. The number of quaternary nitrogens is 1. The van der Waals surface area contributed by atoms with Crippen LogP contribution >= 0.6 is 0 Å². The number of aliphatic carboxylic acids is 1. The highest BCUT2D eigenvalue weighted by molar-refractivity contribution is 5.71. The van der Waals surface area contributed by atoms with Crippen molar-refractivity contribution in [2.75, 3.05) is 41.0 Å². The van der Waals surface area contributed by atoms with Gasteiger partial charge in [0, 0.05) is 12.8 Å². The van der Waals surface area contributed by atoms with Gasteiger partial charge in [-0.25, -0.2) is 0 Å². The summed E-state index contributed by atoms with van der Waals surface area (Å²) in [6.45, 7) is 4.27. The Kier molecular flexibility index (Phi) is 29.9. The van der Waals surface area contributed by atoms with E-state index in [1.807, 2.05) is 12.2 Å². The number of carboxylic acids is 1. The fraction of sp³-hybridized carbons (Fsp3) is 0.634. The number of esters is 2. The highest BCUT2D eigenvalue weighted by atomic mass is 16.6. The van der Waals surface area contributed by atoms with Gasteiger partial charge in [0.05, 0.1) is 46.7 Å². The molecule has 0 aromatic carbocycles. The monoisotopic (exact) mass is 685 g/mol. The maximum atomic E-state index is 12.6. The van der Waals surface area contributed by atoms with Crippen LogP contribution in [0, 0.1) is 0 Å². The molecule has 8 nitrogen and oxygen atoms in total. The highest BCUT2D eigenvalue weighted by Gasteiger charge is 2.25. The summed E-state index contributed by atoms with van der Waals surface area (Å²) < 4.78 is 16.9. The maximum Gasteiger partial charge on any atom is 0.309 e. The van der Waals surface area contributed by atoms with Crippen LogP contribution in [-0.4, -0.2) is 75.5 Å². The molecule has 0 N–H and O–H groups in total. The second-order valence-electron chi connectivity index (χ2n) is 13.1. The average Bonchev–Trinajstić information content (AvgIpc) is 3.05. The minimum Gasteiger partial charge on any atom is -0.544 e. The lowest BCUT2D eigenvalue weighted by atomic mass is 10.1. The van der Waals surface area contributed by atoms with Gasteiger partial charge in [-0.2, -0.15) is 0 Å². The summed E-state index contributed by atoms with van der Waals surface area (Å²) >= 11 is 0. The number of unbranched alkanes of at least 4 members (excludes halogenated alkanes) is 6.